The predicted octanol–water partition coefficient (Wildman–Crippen LogP) is 3.99. The second kappa shape index (κ2) is 6.47. The molecule has 1 aromatic carbocycles. The highest BCUT2D eigenvalue weighted by atomic mass is 16.5. The maximum atomic E-state index is 6.37. The van der Waals surface area contributed by atoms with Crippen LogP contribution in [0.5, 0.6) is 0 Å². The predicted molar refractivity (Wildman–Crippen MR) is 98.7 cm³/mol. The van der Waals surface area contributed by atoms with Crippen molar-refractivity contribution in [2.24, 2.45) is 17.8 Å². The van der Waals surface area contributed by atoms with Gasteiger partial charge in [0.1, 0.15) is 0 Å². The average Bonchev–Trinajstić information content (AvgIpc) is 3.47. The van der Waals surface area contributed by atoms with Gasteiger partial charge in [0.2, 0.25) is 0 Å². The molecule has 25 heavy (non-hydrogen) atoms. The van der Waals surface area contributed by atoms with Gasteiger partial charge in [-0.3, -0.25) is 0 Å². The molecular formula is C22H25NO2. The van der Waals surface area contributed by atoms with Gasteiger partial charge in [-0.15, -0.1) is 0 Å². The summed E-state index contributed by atoms with van der Waals surface area (Å²) >= 11 is 0. The Morgan fingerprint density at radius 1 is 1.16 bits per heavy atom. The minimum Gasteiger partial charge on any atom is -0.473 e. The van der Waals surface area contributed by atoms with Gasteiger partial charge in [-0.2, -0.15) is 0 Å². The molecule has 1 saturated heterocycles. The van der Waals surface area contributed by atoms with Gasteiger partial charge >= 0.3 is 0 Å². The number of hydrogen-bond donors (Lipinski definition) is 1. The third-order valence-corrected chi connectivity index (χ3v) is 6.11. The van der Waals surface area contributed by atoms with Gasteiger partial charge in [0.15, 0.2) is 0 Å². The average molecular weight is 335 g/mol. The molecule has 0 amide bonds. The van der Waals surface area contributed by atoms with E-state index in [-0.39, 0.29) is 6.10 Å². The van der Waals surface area contributed by atoms with Crippen LogP contribution in [0.4, 0.5) is 0 Å². The first-order valence-electron chi connectivity index (χ1n) is 9.50. The lowest BCUT2D eigenvalue weighted by atomic mass is 9.82. The Kier molecular flexibility index (Phi) is 3.99. The van der Waals surface area contributed by atoms with Gasteiger partial charge in [-0.25, -0.2) is 0 Å². The molecule has 0 radical (unpaired) electrons. The first-order chi connectivity index (χ1) is 12.4. The molecule has 130 valence electrons. The molecule has 4 aliphatic rings. The van der Waals surface area contributed by atoms with E-state index in [1.807, 2.05) is 0 Å². The Bertz CT molecular complexity index is 724. The maximum Gasteiger partial charge on any atom is 0.0867 e. The molecule has 2 fully saturated rings. The normalized spacial score (nSPS) is 32.8. The third kappa shape index (κ3) is 3.07. The van der Waals surface area contributed by atoms with E-state index >= 15 is 0 Å². The van der Waals surface area contributed by atoms with Crippen LogP contribution >= 0.6 is 0 Å². The van der Waals surface area contributed by atoms with Gasteiger partial charge in [0, 0.05) is 12.5 Å². The molecule has 1 aromatic rings. The molecule has 1 N–H and O–H groups in total. The van der Waals surface area contributed by atoms with Gasteiger partial charge in [-0.1, -0.05) is 24.3 Å². The van der Waals surface area contributed by atoms with Crippen LogP contribution in [-0.2, 0) is 16.1 Å². The van der Waals surface area contributed by atoms with Crippen LogP contribution in [-0.4, -0.2) is 19.2 Å². The number of piperidine rings is 1. The first kappa shape index (κ1) is 15.4. The van der Waals surface area contributed by atoms with E-state index in [1.54, 1.807) is 12.5 Å². The summed E-state index contributed by atoms with van der Waals surface area (Å²) in [5, 5.41) is 3.49. The van der Waals surface area contributed by atoms with E-state index < -0.39 is 0 Å². The summed E-state index contributed by atoms with van der Waals surface area (Å²) in [7, 11) is 0. The minimum atomic E-state index is 0.241. The lowest BCUT2D eigenvalue weighted by molar-refractivity contribution is -0.0206. The molecule has 3 nitrogen and oxygen atoms in total. The molecule has 4 atom stereocenters. The Morgan fingerprint density at radius 3 is 3.00 bits per heavy atom. The summed E-state index contributed by atoms with van der Waals surface area (Å²) in [5.41, 5.74) is 4.21. The van der Waals surface area contributed by atoms with Crippen LogP contribution in [0.1, 0.15) is 35.4 Å². The summed E-state index contributed by atoms with van der Waals surface area (Å²) in [6.45, 7) is 2.68. The summed E-state index contributed by atoms with van der Waals surface area (Å²) in [5.74, 6) is 2.53. The summed E-state index contributed by atoms with van der Waals surface area (Å²) in [6, 6.07) is 6.90. The van der Waals surface area contributed by atoms with Crippen molar-refractivity contribution < 1.29 is 9.47 Å². The molecule has 2 aliphatic heterocycles. The van der Waals surface area contributed by atoms with E-state index in [0.29, 0.717) is 18.4 Å². The van der Waals surface area contributed by atoms with Crippen molar-refractivity contribution in [2.75, 3.05) is 13.1 Å². The molecule has 0 spiro atoms. The van der Waals surface area contributed by atoms with Crippen molar-refractivity contribution in [3.05, 3.63) is 65.6 Å². The minimum absolute atomic E-state index is 0.241. The fraction of sp³-hybridized carbons (Fsp3) is 0.455. The summed E-state index contributed by atoms with van der Waals surface area (Å²) < 4.78 is 11.6. The van der Waals surface area contributed by atoms with Crippen molar-refractivity contribution in [2.45, 2.75) is 31.5 Å². The van der Waals surface area contributed by atoms with Gasteiger partial charge < -0.3 is 14.8 Å². The number of benzene rings is 1. The van der Waals surface area contributed by atoms with Crippen LogP contribution in [0.25, 0.3) is 6.08 Å². The Balaban J connectivity index is 1.27. The zero-order valence-electron chi connectivity index (χ0n) is 14.4. The molecule has 0 aromatic heterocycles. The van der Waals surface area contributed by atoms with Gasteiger partial charge in [0.25, 0.3) is 0 Å². The molecule has 3 heteroatoms. The first-order valence-corrected chi connectivity index (χ1v) is 9.50. The smallest absolute Gasteiger partial charge is 0.0867 e. The fourth-order valence-corrected chi connectivity index (χ4v) is 4.55. The highest BCUT2D eigenvalue weighted by Crippen LogP contribution is 2.52. The molecule has 5 rings (SSSR count). The van der Waals surface area contributed by atoms with Gasteiger partial charge in [0.05, 0.1) is 25.2 Å². The maximum absolute atomic E-state index is 6.37. The zero-order chi connectivity index (χ0) is 16.6. The van der Waals surface area contributed by atoms with E-state index in [9.17, 15) is 0 Å². The highest BCUT2D eigenvalue weighted by Gasteiger charge is 2.39. The number of fused-ring (bicyclic) bond motifs is 3. The van der Waals surface area contributed by atoms with Crippen molar-refractivity contribution in [1.82, 2.24) is 5.32 Å². The Hall–Kier alpha value is -1.84. The monoisotopic (exact) mass is 335 g/mol. The van der Waals surface area contributed by atoms with E-state index in [1.165, 1.54) is 23.1 Å². The van der Waals surface area contributed by atoms with Crippen molar-refractivity contribution in [3.8, 4) is 0 Å². The highest BCUT2D eigenvalue weighted by molar-refractivity contribution is 5.61. The topological polar surface area (TPSA) is 30.5 Å². The molecule has 1 saturated carbocycles. The van der Waals surface area contributed by atoms with Crippen LogP contribution in [0.3, 0.4) is 0 Å². The standard InChI is InChI=1S/C22H25NO2/c1-4-19-17(2-3-18-12-21(18)19)11-15(1)14-25-22-13-23-8-5-20(22)16-6-9-24-10-7-16/h1-4,6-7,9-11,16,18,20-23H,5,8,12-14H2/t18?,20-,21?,22+/m1/s1. The second-order valence-electron chi connectivity index (χ2n) is 7.71. The fourth-order valence-electron chi connectivity index (χ4n) is 4.55. The van der Waals surface area contributed by atoms with Crippen LogP contribution < -0.4 is 5.32 Å². The lowest BCUT2D eigenvalue weighted by Crippen LogP contribution is -2.44. The lowest BCUT2D eigenvalue weighted by Gasteiger charge is -2.35. The number of rotatable bonds is 4. The van der Waals surface area contributed by atoms with Crippen LogP contribution in [0, 0.1) is 17.8 Å². The van der Waals surface area contributed by atoms with Crippen LogP contribution in [0.15, 0.2) is 49.0 Å². The van der Waals surface area contributed by atoms with E-state index in [4.69, 9.17) is 9.47 Å². The molecule has 2 aliphatic carbocycles. The molecule has 0 bridgehead atoms. The summed E-state index contributed by atoms with van der Waals surface area (Å²) in [4.78, 5) is 0. The molecule has 2 heterocycles. The van der Waals surface area contributed by atoms with Crippen molar-refractivity contribution in [1.29, 1.82) is 0 Å². The summed E-state index contributed by atoms with van der Waals surface area (Å²) in [6.07, 6.45) is 15.3. The second-order valence-corrected chi connectivity index (χ2v) is 7.71. The zero-order valence-corrected chi connectivity index (χ0v) is 14.4. The Labute approximate surface area is 149 Å². The number of allylic oxidation sites excluding steroid dienone is 3. The Morgan fingerprint density at radius 2 is 2.08 bits per heavy atom. The van der Waals surface area contributed by atoms with Crippen molar-refractivity contribution in [3.63, 3.8) is 0 Å². The quantitative estimate of drug-likeness (QED) is 0.903. The number of nitrogens with one attached hydrogen (secondary N) is 1. The van der Waals surface area contributed by atoms with Crippen molar-refractivity contribution >= 4 is 6.08 Å². The van der Waals surface area contributed by atoms with E-state index in [2.05, 4.69) is 47.8 Å². The SMILES string of the molecule is C1=CC([C@H]2CCNC[C@@H]2OCc2ccc3c(c2)C=CC2CC32)C=CO1. The number of hydrogen-bond acceptors (Lipinski definition) is 3. The third-order valence-electron chi connectivity index (χ3n) is 6.11. The molecular weight excluding hydrogens is 310 g/mol. The van der Waals surface area contributed by atoms with Gasteiger partial charge in [-0.05, 0) is 72.0 Å². The number of ether oxygens (including phenoxy) is 2. The largest absolute Gasteiger partial charge is 0.473 e. The van der Waals surface area contributed by atoms with Crippen LogP contribution in [0.2, 0.25) is 0 Å². The van der Waals surface area contributed by atoms with E-state index in [0.717, 1.165) is 31.3 Å². The molecule has 2 unspecified atom stereocenters.